The van der Waals surface area contributed by atoms with E-state index >= 15 is 0 Å². The summed E-state index contributed by atoms with van der Waals surface area (Å²) < 4.78 is 6.46. The molecule has 1 aliphatic carbocycles. The first kappa shape index (κ1) is 17.2. The van der Waals surface area contributed by atoms with Gasteiger partial charge < -0.3 is 4.74 Å². The van der Waals surface area contributed by atoms with Crippen molar-refractivity contribution in [3.05, 3.63) is 41.4 Å². The number of aromatic nitrogens is 1. The van der Waals surface area contributed by atoms with Crippen LogP contribution >= 0.6 is 11.3 Å². The number of benzene rings is 1. The van der Waals surface area contributed by atoms with E-state index in [0.29, 0.717) is 19.4 Å². The molecule has 0 spiro atoms. The van der Waals surface area contributed by atoms with Crippen LogP contribution in [0.1, 0.15) is 36.6 Å². The molecule has 1 aromatic carbocycles. The highest BCUT2D eigenvalue weighted by Crippen LogP contribution is 2.38. The summed E-state index contributed by atoms with van der Waals surface area (Å²) in [5.41, 5.74) is 6.07. The maximum atomic E-state index is 12.7. The number of amides is 2. The number of thiazole rings is 1. The number of carbonyl (C=O) groups excluding carboxylic acids is 2. The molecule has 136 valence electrons. The number of allylic oxidation sites excluding steroid dienone is 2. The molecule has 1 aliphatic heterocycles. The lowest BCUT2D eigenvalue weighted by Crippen LogP contribution is -2.49. The first-order chi connectivity index (χ1) is 12.7. The number of hydrogen-bond donors (Lipinski definition) is 2. The molecule has 26 heavy (non-hydrogen) atoms. The van der Waals surface area contributed by atoms with Gasteiger partial charge in [-0.2, -0.15) is 0 Å². The highest BCUT2D eigenvalue weighted by Gasteiger charge is 2.33. The monoisotopic (exact) mass is 371 g/mol. The van der Waals surface area contributed by atoms with E-state index in [1.54, 1.807) is 11.3 Å². The van der Waals surface area contributed by atoms with Gasteiger partial charge in [-0.25, -0.2) is 4.98 Å². The lowest BCUT2D eigenvalue weighted by Gasteiger charge is -2.26. The number of hydrogen-bond acceptors (Lipinski definition) is 5. The van der Waals surface area contributed by atoms with Crippen molar-refractivity contribution in [2.75, 3.05) is 6.61 Å². The van der Waals surface area contributed by atoms with Crippen LogP contribution < -0.4 is 10.9 Å². The van der Waals surface area contributed by atoms with Crippen molar-refractivity contribution in [2.24, 2.45) is 5.92 Å². The van der Waals surface area contributed by atoms with Crippen molar-refractivity contribution in [1.29, 1.82) is 0 Å². The largest absolute Gasteiger partial charge is 0.368 e. The van der Waals surface area contributed by atoms with Gasteiger partial charge in [0, 0.05) is 12.5 Å². The molecule has 3 atom stereocenters. The Labute approximate surface area is 155 Å². The van der Waals surface area contributed by atoms with Gasteiger partial charge in [0.1, 0.15) is 6.10 Å². The van der Waals surface area contributed by atoms with E-state index in [1.165, 1.54) is 0 Å². The average molecular weight is 371 g/mol. The number of ether oxygens (including phenoxy) is 1. The molecule has 0 saturated carbocycles. The zero-order valence-corrected chi connectivity index (χ0v) is 15.1. The zero-order chi connectivity index (χ0) is 17.9. The Kier molecular flexibility index (Phi) is 4.99. The molecule has 2 aromatic rings. The predicted octanol–water partition coefficient (Wildman–Crippen LogP) is 2.67. The van der Waals surface area contributed by atoms with Gasteiger partial charge in [-0.3, -0.25) is 20.4 Å². The van der Waals surface area contributed by atoms with E-state index in [2.05, 4.69) is 16.9 Å². The molecular weight excluding hydrogens is 350 g/mol. The van der Waals surface area contributed by atoms with Gasteiger partial charge in [-0.1, -0.05) is 24.3 Å². The van der Waals surface area contributed by atoms with Gasteiger partial charge in [0.2, 0.25) is 5.91 Å². The molecule has 1 aromatic heterocycles. The SMILES string of the molecule is O=C(NNC(=O)[C@@H]1CC=CC[C@@H]1c1nc2ccccc2s1)[C@@H]1CCCO1. The Hall–Kier alpha value is -2.25. The summed E-state index contributed by atoms with van der Waals surface area (Å²) in [6.45, 7) is 0.596. The predicted molar refractivity (Wildman–Crippen MR) is 99.5 cm³/mol. The van der Waals surface area contributed by atoms with Crippen LogP contribution in [0.5, 0.6) is 0 Å². The van der Waals surface area contributed by atoms with Crippen LogP contribution in [0.4, 0.5) is 0 Å². The topological polar surface area (TPSA) is 80.3 Å². The Morgan fingerprint density at radius 2 is 1.92 bits per heavy atom. The molecule has 2 amide bonds. The highest BCUT2D eigenvalue weighted by molar-refractivity contribution is 7.18. The summed E-state index contributed by atoms with van der Waals surface area (Å²) >= 11 is 1.64. The lowest BCUT2D eigenvalue weighted by atomic mass is 9.83. The molecule has 2 aliphatic rings. The second-order valence-electron chi connectivity index (χ2n) is 6.66. The van der Waals surface area contributed by atoms with E-state index < -0.39 is 6.10 Å². The van der Waals surface area contributed by atoms with Crippen LogP contribution in [0.25, 0.3) is 10.2 Å². The van der Waals surface area contributed by atoms with Crippen molar-refractivity contribution in [3.8, 4) is 0 Å². The smallest absolute Gasteiger partial charge is 0.267 e. The number of hydrazine groups is 1. The first-order valence-corrected chi connectivity index (χ1v) is 9.76. The number of nitrogens with zero attached hydrogens (tertiary/aromatic N) is 1. The number of carbonyl (C=O) groups is 2. The summed E-state index contributed by atoms with van der Waals surface area (Å²) in [5.74, 6) is -0.675. The molecule has 7 heteroatoms. The van der Waals surface area contributed by atoms with Gasteiger partial charge >= 0.3 is 0 Å². The molecule has 2 heterocycles. The van der Waals surface area contributed by atoms with Crippen molar-refractivity contribution < 1.29 is 14.3 Å². The van der Waals surface area contributed by atoms with E-state index in [9.17, 15) is 9.59 Å². The number of rotatable bonds is 3. The summed E-state index contributed by atoms with van der Waals surface area (Å²) in [4.78, 5) is 29.4. The maximum absolute atomic E-state index is 12.7. The van der Waals surface area contributed by atoms with Crippen molar-refractivity contribution in [2.45, 2.75) is 37.7 Å². The minimum atomic E-state index is -0.457. The minimum absolute atomic E-state index is 0.0250. The average Bonchev–Trinajstić information content (AvgIpc) is 3.35. The van der Waals surface area contributed by atoms with Gasteiger partial charge in [0.25, 0.3) is 5.91 Å². The van der Waals surface area contributed by atoms with Gasteiger partial charge in [-0.05, 0) is 37.8 Å². The standard InChI is InChI=1S/C19H21N3O3S/c23-17(21-22-18(24)15-9-5-11-25-15)12-6-1-2-7-13(12)19-20-14-8-3-4-10-16(14)26-19/h1-4,8,10,12-13,15H,5-7,9,11H2,(H,21,23)(H,22,24)/t12-,13+,15+/m1/s1. The Morgan fingerprint density at radius 1 is 1.12 bits per heavy atom. The molecule has 4 rings (SSSR count). The van der Waals surface area contributed by atoms with Gasteiger partial charge in [-0.15, -0.1) is 11.3 Å². The third kappa shape index (κ3) is 3.50. The van der Waals surface area contributed by atoms with E-state index in [1.807, 2.05) is 30.3 Å². The Balaban J connectivity index is 1.45. The molecule has 1 saturated heterocycles. The summed E-state index contributed by atoms with van der Waals surface area (Å²) in [6.07, 6.45) is 6.66. The fraction of sp³-hybridized carbons (Fsp3) is 0.421. The minimum Gasteiger partial charge on any atom is -0.368 e. The zero-order valence-electron chi connectivity index (χ0n) is 14.3. The molecule has 0 unspecified atom stereocenters. The lowest BCUT2D eigenvalue weighted by molar-refractivity contribution is -0.136. The number of fused-ring (bicyclic) bond motifs is 1. The molecule has 6 nitrogen and oxygen atoms in total. The molecule has 0 bridgehead atoms. The van der Waals surface area contributed by atoms with Crippen LogP contribution in [-0.2, 0) is 14.3 Å². The fourth-order valence-electron chi connectivity index (χ4n) is 3.51. The van der Waals surface area contributed by atoms with Crippen LogP contribution in [0, 0.1) is 5.92 Å². The second-order valence-corrected chi connectivity index (χ2v) is 7.72. The first-order valence-electron chi connectivity index (χ1n) is 8.94. The van der Waals surface area contributed by atoms with Crippen molar-refractivity contribution >= 4 is 33.4 Å². The van der Waals surface area contributed by atoms with Crippen LogP contribution in [0.2, 0.25) is 0 Å². The third-order valence-corrected chi connectivity index (χ3v) is 6.10. The fourth-order valence-corrected chi connectivity index (χ4v) is 4.65. The maximum Gasteiger partial charge on any atom is 0.267 e. The molecule has 0 radical (unpaired) electrons. The number of nitrogens with one attached hydrogen (secondary N) is 2. The summed E-state index contributed by atoms with van der Waals surface area (Å²) in [7, 11) is 0. The Bertz CT molecular complexity index is 808. The molecule has 2 N–H and O–H groups in total. The molecular formula is C19H21N3O3S. The van der Waals surface area contributed by atoms with E-state index in [4.69, 9.17) is 9.72 Å². The van der Waals surface area contributed by atoms with Crippen LogP contribution in [-0.4, -0.2) is 29.5 Å². The van der Waals surface area contributed by atoms with E-state index in [0.717, 1.165) is 28.1 Å². The third-order valence-electron chi connectivity index (χ3n) is 4.93. The number of para-hydroxylation sites is 1. The highest BCUT2D eigenvalue weighted by atomic mass is 32.1. The normalized spacial score (nSPS) is 25.3. The summed E-state index contributed by atoms with van der Waals surface area (Å²) in [6, 6.07) is 8.00. The van der Waals surface area contributed by atoms with Gasteiger partial charge in [0.15, 0.2) is 0 Å². The van der Waals surface area contributed by atoms with Gasteiger partial charge in [0.05, 0.1) is 21.1 Å². The van der Waals surface area contributed by atoms with Crippen LogP contribution in [0.3, 0.4) is 0 Å². The Morgan fingerprint density at radius 3 is 2.73 bits per heavy atom. The van der Waals surface area contributed by atoms with Crippen molar-refractivity contribution in [3.63, 3.8) is 0 Å². The summed E-state index contributed by atoms with van der Waals surface area (Å²) in [5, 5.41) is 0.973. The van der Waals surface area contributed by atoms with E-state index in [-0.39, 0.29) is 23.7 Å². The quantitative estimate of drug-likeness (QED) is 0.642. The second kappa shape index (κ2) is 7.55. The molecule has 1 fully saturated rings. The van der Waals surface area contributed by atoms with Crippen molar-refractivity contribution in [1.82, 2.24) is 15.8 Å². The van der Waals surface area contributed by atoms with Crippen LogP contribution in [0.15, 0.2) is 36.4 Å².